The van der Waals surface area contributed by atoms with Crippen molar-refractivity contribution in [2.24, 2.45) is 5.41 Å². The molecule has 0 radical (unpaired) electrons. The molecular formula is C15H33NO2. The molecular weight excluding hydrogens is 226 g/mol. The predicted octanol–water partition coefficient (Wildman–Crippen LogP) is 3.58. The van der Waals surface area contributed by atoms with E-state index in [-0.39, 0.29) is 6.29 Å². The van der Waals surface area contributed by atoms with Crippen LogP contribution in [-0.4, -0.2) is 32.6 Å². The highest BCUT2D eigenvalue weighted by atomic mass is 16.7. The second-order valence-corrected chi connectivity index (χ2v) is 5.59. The van der Waals surface area contributed by atoms with Crippen molar-refractivity contribution in [3.8, 4) is 0 Å². The van der Waals surface area contributed by atoms with Gasteiger partial charge in [-0.3, -0.25) is 0 Å². The summed E-state index contributed by atoms with van der Waals surface area (Å²) in [5, 5.41) is 3.47. The molecule has 0 aromatic carbocycles. The lowest BCUT2D eigenvalue weighted by Crippen LogP contribution is -2.37. The van der Waals surface area contributed by atoms with E-state index in [9.17, 15) is 0 Å². The van der Waals surface area contributed by atoms with E-state index in [1.807, 2.05) is 13.8 Å². The number of unbranched alkanes of at least 4 members (excludes halogenated alkanes) is 2. The van der Waals surface area contributed by atoms with Crippen molar-refractivity contribution >= 4 is 0 Å². The molecule has 110 valence electrons. The topological polar surface area (TPSA) is 30.5 Å². The summed E-state index contributed by atoms with van der Waals surface area (Å²) >= 11 is 0. The highest BCUT2D eigenvalue weighted by Gasteiger charge is 2.17. The maximum atomic E-state index is 5.51. The summed E-state index contributed by atoms with van der Waals surface area (Å²) < 4.78 is 11.0. The fourth-order valence-electron chi connectivity index (χ4n) is 2.01. The van der Waals surface area contributed by atoms with E-state index in [4.69, 9.17) is 9.47 Å². The summed E-state index contributed by atoms with van der Waals surface area (Å²) in [5.41, 5.74) is 0.359. The zero-order valence-electron chi connectivity index (χ0n) is 13.1. The van der Waals surface area contributed by atoms with E-state index in [0.29, 0.717) is 18.6 Å². The zero-order valence-corrected chi connectivity index (χ0v) is 13.1. The summed E-state index contributed by atoms with van der Waals surface area (Å²) in [6.45, 7) is 14.1. The van der Waals surface area contributed by atoms with Crippen LogP contribution in [0.4, 0.5) is 0 Å². The maximum absolute atomic E-state index is 5.51. The molecule has 1 N–H and O–H groups in total. The summed E-state index contributed by atoms with van der Waals surface area (Å²) in [5.74, 6) is 0. The van der Waals surface area contributed by atoms with Crippen molar-refractivity contribution in [1.82, 2.24) is 5.32 Å². The molecule has 0 unspecified atom stereocenters. The Morgan fingerprint density at radius 3 is 2.11 bits per heavy atom. The number of rotatable bonds is 12. The van der Waals surface area contributed by atoms with Crippen LogP contribution in [0.25, 0.3) is 0 Å². The van der Waals surface area contributed by atoms with Gasteiger partial charge in [-0.25, -0.2) is 0 Å². The Labute approximate surface area is 114 Å². The number of ether oxygens (including phenoxy) is 2. The third kappa shape index (κ3) is 9.86. The molecule has 0 saturated heterocycles. The van der Waals surface area contributed by atoms with Crippen LogP contribution in [0.1, 0.15) is 60.3 Å². The van der Waals surface area contributed by atoms with Crippen LogP contribution in [-0.2, 0) is 9.47 Å². The lowest BCUT2D eigenvalue weighted by Gasteiger charge is -2.26. The molecule has 0 rings (SSSR count). The van der Waals surface area contributed by atoms with Crippen LogP contribution in [0.2, 0.25) is 0 Å². The predicted molar refractivity (Wildman–Crippen MR) is 77.8 cm³/mol. The van der Waals surface area contributed by atoms with Gasteiger partial charge in [-0.1, -0.05) is 40.0 Å². The smallest absolute Gasteiger partial charge is 0.169 e. The average Bonchev–Trinajstić information content (AvgIpc) is 2.29. The third-order valence-electron chi connectivity index (χ3n) is 3.08. The third-order valence-corrected chi connectivity index (χ3v) is 3.08. The minimum absolute atomic E-state index is 0.105. The van der Waals surface area contributed by atoms with Crippen LogP contribution in [0.5, 0.6) is 0 Å². The molecule has 18 heavy (non-hydrogen) atoms. The first-order valence-corrected chi connectivity index (χ1v) is 7.49. The summed E-state index contributed by atoms with van der Waals surface area (Å²) in [7, 11) is 0. The second-order valence-electron chi connectivity index (χ2n) is 5.59. The van der Waals surface area contributed by atoms with Gasteiger partial charge < -0.3 is 14.8 Å². The lowest BCUT2D eigenvalue weighted by molar-refractivity contribution is -0.133. The van der Waals surface area contributed by atoms with Gasteiger partial charge in [-0.05, 0) is 25.7 Å². The molecule has 0 aliphatic carbocycles. The van der Waals surface area contributed by atoms with Gasteiger partial charge in [0.2, 0.25) is 0 Å². The molecule has 3 nitrogen and oxygen atoms in total. The Kier molecular flexibility index (Phi) is 10.7. The van der Waals surface area contributed by atoms with Crippen molar-refractivity contribution in [1.29, 1.82) is 0 Å². The van der Waals surface area contributed by atoms with Gasteiger partial charge in [0.25, 0.3) is 0 Å². The molecule has 0 aromatic heterocycles. The van der Waals surface area contributed by atoms with Crippen molar-refractivity contribution in [3.63, 3.8) is 0 Å². The van der Waals surface area contributed by atoms with Crippen LogP contribution in [0.15, 0.2) is 0 Å². The first-order chi connectivity index (χ1) is 8.55. The average molecular weight is 259 g/mol. The molecule has 3 heteroatoms. The SMILES string of the molecule is CCCCCC(C)(C)CNCC(OCC)OCC. The second kappa shape index (κ2) is 10.8. The van der Waals surface area contributed by atoms with Gasteiger partial charge in [0, 0.05) is 26.3 Å². The highest BCUT2D eigenvalue weighted by molar-refractivity contribution is 4.71. The summed E-state index contributed by atoms with van der Waals surface area (Å²) in [6.07, 6.45) is 5.13. The monoisotopic (exact) mass is 259 g/mol. The van der Waals surface area contributed by atoms with E-state index in [1.54, 1.807) is 0 Å². The first kappa shape index (κ1) is 17.9. The molecule has 0 heterocycles. The van der Waals surface area contributed by atoms with Crippen LogP contribution in [0.3, 0.4) is 0 Å². The molecule has 0 fully saturated rings. The van der Waals surface area contributed by atoms with E-state index >= 15 is 0 Å². The first-order valence-electron chi connectivity index (χ1n) is 7.49. The fourth-order valence-corrected chi connectivity index (χ4v) is 2.01. The Bertz CT molecular complexity index is 177. The summed E-state index contributed by atoms with van der Waals surface area (Å²) in [4.78, 5) is 0. The fraction of sp³-hybridized carbons (Fsp3) is 1.00. The van der Waals surface area contributed by atoms with Crippen LogP contribution in [0, 0.1) is 5.41 Å². The molecule has 0 aromatic rings. The van der Waals surface area contributed by atoms with Crippen LogP contribution < -0.4 is 5.32 Å². The van der Waals surface area contributed by atoms with Gasteiger partial charge in [0.1, 0.15) is 0 Å². The lowest BCUT2D eigenvalue weighted by atomic mass is 9.87. The molecule has 0 aliphatic rings. The number of hydrogen-bond donors (Lipinski definition) is 1. The van der Waals surface area contributed by atoms with E-state index in [1.165, 1.54) is 25.7 Å². The molecule has 0 spiro atoms. The standard InChI is InChI=1S/C15H33NO2/c1-6-9-10-11-15(4,5)13-16-12-14(17-7-2)18-8-3/h14,16H,6-13H2,1-5H3. The quantitative estimate of drug-likeness (QED) is 0.429. The highest BCUT2D eigenvalue weighted by Crippen LogP contribution is 2.22. The Morgan fingerprint density at radius 2 is 1.61 bits per heavy atom. The molecule has 0 bridgehead atoms. The minimum Gasteiger partial charge on any atom is -0.352 e. The normalized spacial score (nSPS) is 12.3. The van der Waals surface area contributed by atoms with E-state index < -0.39 is 0 Å². The Morgan fingerprint density at radius 1 is 1.00 bits per heavy atom. The van der Waals surface area contributed by atoms with Gasteiger partial charge >= 0.3 is 0 Å². The van der Waals surface area contributed by atoms with Crippen LogP contribution >= 0.6 is 0 Å². The molecule has 0 saturated carbocycles. The molecule has 0 aliphatic heterocycles. The minimum atomic E-state index is -0.105. The van der Waals surface area contributed by atoms with Gasteiger partial charge in [0.05, 0.1) is 0 Å². The van der Waals surface area contributed by atoms with E-state index in [0.717, 1.165) is 13.1 Å². The van der Waals surface area contributed by atoms with E-state index in [2.05, 4.69) is 26.1 Å². The van der Waals surface area contributed by atoms with Crippen molar-refractivity contribution < 1.29 is 9.47 Å². The van der Waals surface area contributed by atoms with Crippen molar-refractivity contribution in [3.05, 3.63) is 0 Å². The molecule has 0 amide bonds. The summed E-state index contributed by atoms with van der Waals surface area (Å²) in [6, 6.07) is 0. The largest absolute Gasteiger partial charge is 0.352 e. The maximum Gasteiger partial charge on any atom is 0.169 e. The van der Waals surface area contributed by atoms with Crippen molar-refractivity contribution in [2.45, 2.75) is 66.6 Å². The van der Waals surface area contributed by atoms with Crippen molar-refractivity contribution in [2.75, 3.05) is 26.3 Å². The molecule has 0 atom stereocenters. The van der Waals surface area contributed by atoms with Gasteiger partial charge in [-0.15, -0.1) is 0 Å². The zero-order chi connectivity index (χ0) is 13.9. The Hall–Kier alpha value is -0.120. The number of nitrogens with one attached hydrogen (secondary N) is 1. The number of hydrogen-bond acceptors (Lipinski definition) is 3. The van der Waals surface area contributed by atoms with Gasteiger partial charge in [0.15, 0.2) is 6.29 Å². The Balaban J connectivity index is 3.77. The van der Waals surface area contributed by atoms with Gasteiger partial charge in [-0.2, -0.15) is 0 Å².